The molecule has 3 rings (SSSR count). The van der Waals surface area contributed by atoms with E-state index in [1.165, 1.54) is 11.8 Å². The first-order chi connectivity index (χ1) is 13.9. The molecule has 2 aliphatic rings. The lowest BCUT2D eigenvalue weighted by molar-refractivity contribution is -0.148. The molecule has 1 amide bonds. The van der Waals surface area contributed by atoms with Gasteiger partial charge in [0.05, 0.1) is 5.69 Å². The van der Waals surface area contributed by atoms with Gasteiger partial charge in [-0.05, 0) is 24.4 Å². The zero-order chi connectivity index (χ0) is 21.0. The summed E-state index contributed by atoms with van der Waals surface area (Å²) >= 11 is 6.13. The average molecular weight is 436 g/mol. The minimum Gasteiger partial charge on any atom is -0.461 e. The highest BCUT2D eigenvalue weighted by Gasteiger charge is 2.36. The van der Waals surface area contributed by atoms with E-state index in [1.807, 2.05) is 12.1 Å². The second-order valence-corrected chi connectivity index (χ2v) is 7.21. The van der Waals surface area contributed by atoms with Crippen molar-refractivity contribution in [3.8, 4) is 0 Å². The molecule has 152 valence electrons. The second kappa shape index (κ2) is 9.07. The zero-order valence-electron chi connectivity index (χ0n) is 15.0. The predicted octanol–water partition coefficient (Wildman–Crippen LogP) is 0.832. The van der Waals surface area contributed by atoms with E-state index < -0.39 is 23.9 Å². The van der Waals surface area contributed by atoms with E-state index in [1.54, 1.807) is 17.0 Å². The Bertz CT molecular complexity index is 915. The third kappa shape index (κ3) is 4.94. The molecule has 0 aromatic heterocycles. The fraction of sp³-hybridized carbons (Fsp3) is 0.222. The molecule has 2 heterocycles. The Balaban J connectivity index is 1.68. The van der Waals surface area contributed by atoms with E-state index in [0.29, 0.717) is 10.7 Å². The molecule has 1 aromatic rings. The molecule has 1 atom stereocenters. The van der Waals surface area contributed by atoms with Gasteiger partial charge in [0.15, 0.2) is 0 Å². The molecular weight excluding hydrogens is 420 g/mol. The van der Waals surface area contributed by atoms with Crippen molar-refractivity contribution in [2.24, 2.45) is 0 Å². The molecule has 0 saturated carbocycles. The highest BCUT2D eigenvalue weighted by atomic mass is 32.2. The Hall–Kier alpha value is -2.89. The third-order valence-electron chi connectivity index (χ3n) is 3.73. The predicted molar refractivity (Wildman–Crippen MR) is 107 cm³/mol. The van der Waals surface area contributed by atoms with Crippen molar-refractivity contribution < 1.29 is 33.7 Å². The van der Waals surface area contributed by atoms with Crippen LogP contribution in [0, 0.1) is 0 Å². The van der Waals surface area contributed by atoms with Crippen LogP contribution in [0.25, 0.3) is 0 Å². The number of thioether (sulfide) groups is 1. The van der Waals surface area contributed by atoms with Crippen LogP contribution < -0.4 is 10.2 Å². The van der Waals surface area contributed by atoms with Crippen LogP contribution in [0.4, 0.5) is 5.69 Å². The summed E-state index contributed by atoms with van der Waals surface area (Å²) in [5.74, 6) is -1.84. The van der Waals surface area contributed by atoms with Crippen molar-refractivity contribution in [1.29, 1.82) is 0 Å². The first-order valence-corrected chi connectivity index (χ1v) is 9.56. The van der Waals surface area contributed by atoms with Crippen LogP contribution in [0.15, 0.2) is 52.6 Å². The molecule has 2 N–H and O–H groups in total. The van der Waals surface area contributed by atoms with Gasteiger partial charge in [-0.1, -0.05) is 30.5 Å². The number of rotatable bonds is 7. The second-order valence-electron chi connectivity index (χ2n) is 5.80. The molecule has 1 aromatic carbocycles. The normalized spacial score (nSPS) is 18.6. The van der Waals surface area contributed by atoms with Gasteiger partial charge in [-0.3, -0.25) is 14.9 Å². The molecule has 0 bridgehead atoms. The maximum atomic E-state index is 12.3. The minimum absolute atomic E-state index is 0.000345. The van der Waals surface area contributed by atoms with Gasteiger partial charge in [-0.25, -0.2) is 4.79 Å². The monoisotopic (exact) mass is 436 g/mol. The van der Waals surface area contributed by atoms with Gasteiger partial charge in [0.25, 0.3) is 11.1 Å². The molecule has 1 unspecified atom stereocenters. The lowest BCUT2D eigenvalue weighted by Gasteiger charge is -2.20. The van der Waals surface area contributed by atoms with Crippen LogP contribution in [0.1, 0.15) is 0 Å². The molecule has 29 heavy (non-hydrogen) atoms. The standard InChI is InChI=1S/C18H16N2O7S2/c1-2-13(22)25-8-10(21)9-26-14(23)7-20-11-5-3-4-6-12(11)29-17(20)15-16(24)19-18(28)27-15/h2-6,10,21H,1,7-9H2,(H,19,24,28)/b17-15+. The van der Waals surface area contributed by atoms with Gasteiger partial charge < -0.3 is 24.2 Å². The molecule has 9 nitrogen and oxygen atoms in total. The quantitative estimate of drug-likeness (QED) is 0.362. The average Bonchev–Trinajstić information content (AvgIpc) is 3.23. The summed E-state index contributed by atoms with van der Waals surface area (Å²) in [6.07, 6.45) is -0.217. The Morgan fingerprint density at radius 1 is 1.34 bits per heavy atom. The molecule has 0 radical (unpaired) electrons. The number of carbonyl (C=O) groups excluding carboxylic acids is 3. The Morgan fingerprint density at radius 3 is 2.76 bits per heavy atom. The number of carbonyl (C=O) groups is 3. The van der Waals surface area contributed by atoms with Crippen molar-refractivity contribution in [1.82, 2.24) is 5.32 Å². The van der Waals surface area contributed by atoms with Gasteiger partial charge in [0.1, 0.15) is 30.9 Å². The summed E-state index contributed by atoms with van der Waals surface area (Å²) in [7, 11) is 0. The van der Waals surface area contributed by atoms with E-state index in [0.717, 1.165) is 11.0 Å². The van der Waals surface area contributed by atoms with Crippen molar-refractivity contribution in [3.05, 3.63) is 47.7 Å². The highest BCUT2D eigenvalue weighted by molar-refractivity contribution is 8.03. The fourth-order valence-corrected chi connectivity index (χ4v) is 3.78. The summed E-state index contributed by atoms with van der Waals surface area (Å²) in [6.45, 7) is 2.31. The molecule has 2 aliphatic heterocycles. The number of hydrogen-bond donors (Lipinski definition) is 2. The summed E-state index contributed by atoms with van der Waals surface area (Å²) in [4.78, 5) is 37.8. The third-order valence-corrected chi connectivity index (χ3v) is 5.08. The van der Waals surface area contributed by atoms with Crippen molar-refractivity contribution >= 4 is 52.7 Å². The number of aliphatic hydroxyl groups excluding tert-OH is 1. The number of ether oxygens (including phenoxy) is 3. The van der Waals surface area contributed by atoms with E-state index in [2.05, 4.69) is 16.6 Å². The number of thiocarbonyl (C=S) groups is 1. The van der Waals surface area contributed by atoms with Gasteiger partial charge in [0.2, 0.25) is 5.76 Å². The van der Waals surface area contributed by atoms with Gasteiger partial charge in [0, 0.05) is 11.0 Å². The van der Waals surface area contributed by atoms with Crippen LogP contribution in [0.2, 0.25) is 0 Å². The van der Waals surface area contributed by atoms with Crippen LogP contribution in [-0.4, -0.2) is 54.0 Å². The summed E-state index contributed by atoms with van der Waals surface area (Å²) in [5.41, 5.74) is 0.701. The van der Waals surface area contributed by atoms with E-state index >= 15 is 0 Å². The first-order valence-electron chi connectivity index (χ1n) is 8.33. The molecule has 0 spiro atoms. The molecule has 1 fully saturated rings. The van der Waals surface area contributed by atoms with Crippen LogP contribution in [0.5, 0.6) is 0 Å². The number of esters is 2. The summed E-state index contributed by atoms with van der Waals surface area (Å²) < 4.78 is 15.0. The number of fused-ring (bicyclic) bond motifs is 1. The summed E-state index contributed by atoms with van der Waals surface area (Å²) in [6, 6.07) is 7.26. The largest absolute Gasteiger partial charge is 0.461 e. The molecule has 1 saturated heterocycles. The van der Waals surface area contributed by atoms with Crippen LogP contribution >= 0.6 is 24.0 Å². The number of nitrogens with one attached hydrogen (secondary N) is 1. The van der Waals surface area contributed by atoms with E-state index in [-0.39, 0.29) is 30.7 Å². The number of nitrogens with zero attached hydrogens (tertiary/aromatic N) is 1. The van der Waals surface area contributed by atoms with Gasteiger partial charge in [-0.2, -0.15) is 0 Å². The zero-order valence-corrected chi connectivity index (χ0v) is 16.6. The number of aliphatic hydroxyl groups is 1. The number of hydrogen-bond acceptors (Lipinski definition) is 10. The summed E-state index contributed by atoms with van der Waals surface area (Å²) in [5, 5.41) is 12.5. The van der Waals surface area contributed by atoms with Gasteiger partial charge in [-0.15, -0.1) is 0 Å². The van der Waals surface area contributed by atoms with Gasteiger partial charge >= 0.3 is 11.9 Å². The van der Waals surface area contributed by atoms with Crippen molar-refractivity contribution in [3.63, 3.8) is 0 Å². The van der Waals surface area contributed by atoms with E-state index in [4.69, 9.17) is 21.7 Å². The van der Waals surface area contributed by atoms with Crippen molar-refractivity contribution in [2.75, 3.05) is 24.7 Å². The number of benzene rings is 1. The van der Waals surface area contributed by atoms with Crippen LogP contribution in [-0.2, 0) is 28.6 Å². The van der Waals surface area contributed by atoms with Crippen molar-refractivity contribution in [2.45, 2.75) is 11.0 Å². The lowest BCUT2D eigenvalue weighted by Crippen LogP contribution is -2.32. The molecule has 11 heteroatoms. The Morgan fingerprint density at radius 2 is 2.07 bits per heavy atom. The fourth-order valence-electron chi connectivity index (χ4n) is 2.47. The number of para-hydroxylation sites is 1. The maximum Gasteiger partial charge on any atom is 0.330 e. The topological polar surface area (TPSA) is 114 Å². The lowest BCUT2D eigenvalue weighted by atomic mass is 10.3. The maximum absolute atomic E-state index is 12.3. The minimum atomic E-state index is -1.18. The number of anilines is 1. The van der Waals surface area contributed by atoms with Crippen LogP contribution in [0.3, 0.4) is 0 Å². The Kier molecular flexibility index (Phi) is 6.52. The SMILES string of the molecule is C=CC(=O)OCC(O)COC(=O)CN1/C(=C2\OC(=S)NC2=O)Sc2ccccc21. The Labute approximate surface area is 175 Å². The van der Waals surface area contributed by atoms with E-state index in [9.17, 15) is 19.5 Å². The molecular formula is C18H16N2O7S2. The molecule has 0 aliphatic carbocycles. The highest BCUT2D eigenvalue weighted by Crippen LogP contribution is 2.47. The first kappa shape index (κ1) is 20.8. The number of amides is 1. The smallest absolute Gasteiger partial charge is 0.330 e.